The van der Waals surface area contributed by atoms with E-state index in [1.54, 1.807) is 4.90 Å². The van der Waals surface area contributed by atoms with Crippen LogP contribution in [0.2, 0.25) is 0 Å². The van der Waals surface area contributed by atoms with Crippen molar-refractivity contribution in [2.45, 2.75) is 20.1 Å². The second-order valence-electron chi connectivity index (χ2n) is 4.08. The van der Waals surface area contributed by atoms with Crippen molar-refractivity contribution in [3.05, 3.63) is 34.9 Å². The highest BCUT2D eigenvalue weighted by atomic mass is 16.5. The first-order valence-electron chi connectivity index (χ1n) is 5.86. The van der Waals surface area contributed by atoms with Crippen molar-refractivity contribution in [1.29, 1.82) is 0 Å². The molecule has 0 spiro atoms. The summed E-state index contributed by atoms with van der Waals surface area (Å²) in [5.74, 6) is -0.0312. The minimum absolute atomic E-state index is 0.00632. The van der Waals surface area contributed by atoms with Crippen LogP contribution in [0, 0.1) is 0 Å². The van der Waals surface area contributed by atoms with E-state index in [4.69, 9.17) is 9.84 Å². The third-order valence-electron chi connectivity index (χ3n) is 3.01. The third kappa shape index (κ3) is 2.48. The normalized spacial score (nSPS) is 13.5. The first-order valence-corrected chi connectivity index (χ1v) is 5.86. The Labute approximate surface area is 101 Å². The summed E-state index contributed by atoms with van der Waals surface area (Å²) in [6.07, 6.45) is 0. The molecule has 1 aromatic rings. The maximum Gasteiger partial charge on any atom is 0.253 e. The number of carbonyl (C=O) groups is 1. The lowest BCUT2D eigenvalue weighted by atomic mass is 10.1. The van der Waals surface area contributed by atoms with Crippen LogP contribution in [0.4, 0.5) is 0 Å². The van der Waals surface area contributed by atoms with Crippen LogP contribution in [0.1, 0.15) is 28.4 Å². The van der Waals surface area contributed by atoms with Crippen LogP contribution in [-0.2, 0) is 18.0 Å². The lowest BCUT2D eigenvalue weighted by Gasteiger charge is -2.19. The fraction of sp³-hybridized carbons (Fsp3) is 0.462. The number of hydrogen-bond acceptors (Lipinski definition) is 3. The standard InChI is InChI=1S/C13H17NO3/c1-2-14(5-6-15)13(16)10-3-4-11-8-17-9-12(11)7-10/h3-4,7,15H,2,5-6,8-9H2,1H3. The summed E-state index contributed by atoms with van der Waals surface area (Å²) in [7, 11) is 0. The number of carbonyl (C=O) groups excluding carboxylic acids is 1. The lowest BCUT2D eigenvalue weighted by molar-refractivity contribution is 0.0732. The van der Waals surface area contributed by atoms with Crippen LogP contribution in [0.5, 0.6) is 0 Å². The zero-order chi connectivity index (χ0) is 12.3. The van der Waals surface area contributed by atoms with Crippen LogP contribution in [0.3, 0.4) is 0 Å². The maximum atomic E-state index is 12.1. The predicted molar refractivity (Wildman–Crippen MR) is 63.6 cm³/mol. The van der Waals surface area contributed by atoms with Gasteiger partial charge >= 0.3 is 0 Å². The highest BCUT2D eigenvalue weighted by molar-refractivity contribution is 5.94. The molecular formula is C13H17NO3. The van der Waals surface area contributed by atoms with Gasteiger partial charge in [-0.15, -0.1) is 0 Å². The largest absolute Gasteiger partial charge is 0.395 e. The monoisotopic (exact) mass is 235 g/mol. The number of ether oxygens (including phenoxy) is 1. The van der Waals surface area contributed by atoms with Gasteiger partial charge in [0, 0.05) is 18.7 Å². The molecule has 17 heavy (non-hydrogen) atoms. The molecular weight excluding hydrogens is 218 g/mol. The van der Waals surface area contributed by atoms with E-state index in [0.717, 1.165) is 11.1 Å². The Balaban J connectivity index is 2.19. The summed E-state index contributed by atoms with van der Waals surface area (Å²) in [5, 5.41) is 8.90. The molecule has 0 bridgehead atoms. The molecule has 0 atom stereocenters. The Bertz CT molecular complexity index is 417. The fourth-order valence-electron chi connectivity index (χ4n) is 2.01. The Morgan fingerprint density at radius 1 is 1.41 bits per heavy atom. The Morgan fingerprint density at radius 3 is 2.88 bits per heavy atom. The molecule has 0 saturated carbocycles. The molecule has 1 N–H and O–H groups in total. The summed E-state index contributed by atoms with van der Waals surface area (Å²) < 4.78 is 5.32. The topological polar surface area (TPSA) is 49.8 Å². The van der Waals surface area contributed by atoms with Gasteiger partial charge in [0.15, 0.2) is 0 Å². The molecule has 0 fully saturated rings. The van der Waals surface area contributed by atoms with Crippen LogP contribution < -0.4 is 0 Å². The SMILES string of the molecule is CCN(CCO)C(=O)c1ccc2c(c1)COC2. The van der Waals surface area contributed by atoms with E-state index in [1.807, 2.05) is 25.1 Å². The van der Waals surface area contributed by atoms with Crippen molar-refractivity contribution < 1.29 is 14.6 Å². The number of likely N-dealkylation sites (N-methyl/N-ethyl adjacent to an activating group) is 1. The summed E-state index contributed by atoms with van der Waals surface area (Å²) >= 11 is 0. The summed E-state index contributed by atoms with van der Waals surface area (Å²) in [6.45, 7) is 4.11. The minimum atomic E-state index is -0.0312. The predicted octanol–water partition coefficient (Wildman–Crippen LogP) is 1.17. The van der Waals surface area contributed by atoms with E-state index in [0.29, 0.717) is 31.9 Å². The quantitative estimate of drug-likeness (QED) is 0.852. The highest BCUT2D eigenvalue weighted by Gasteiger charge is 2.17. The second kappa shape index (κ2) is 5.29. The number of benzene rings is 1. The molecule has 0 saturated heterocycles. The number of nitrogens with zero attached hydrogens (tertiary/aromatic N) is 1. The molecule has 4 nitrogen and oxygen atoms in total. The van der Waals surface area contributed by atoms with E-state index < -0.39 is 0 Å². The molecule has 0 unspecified atom stereocenters. The van der Waals surface area contributed by atoms with Gasteiger partial charge < -0.3 is 14.7 Å². The number of rotatable bonds is 4. The van der Waals surface area contributed by atoms with Crippen LogP contribution in [-0.4, -0.2) is 35.6 Å². The van der Waals surface area contributed by atoms with E-state index in [-0.39, 0.29) is 12.5 Å². The Morgan fingerprint density at radius 2 is 2.18 bits per heavy atom. The average molecular weight is 235 g/mol. The van der Waals surface area contributed by atoms with Gasteiger partial charge in [0.2, 0.25) is 0 Å². The molecule has 0 aromatic heterocycles. The first-order chi connectivity index (χ1) is 8.26. The molecule has 0 aliphatic carbocycles. The molecule has 2 rings (SSSR count). The Kier molecular flexibility index (Phi) is 3.76. The minimum Gasteiger partial charge on any atom is -0.395 e. The molecule has 1 aliphatic heterocycles. The van der Waals surface area contributed by atoms with Crippen molar-refractivity contribution in [2.75, 3.05) is 19.7 Å². The summed E-state index contributed by atoms with van der Waals surface area (Å²) in [4.78, 5) is 13.8. The molecule has 1 aliphatic rings. The molecule has 1 amide bonds. The number of amides is 1. The van der Waals surface area contributed by atoms with Crippen LogP contribution >= 0.6 is 0 Å². The zero-order valence-corrected chi connectivity index (χ0v) is 9.98. The molecule has 1 aromatic carbocycles. The third-order valence-corrected chi connectivity index (χ3v) is 3.01. The average Bonchev–Trinajstić information content (AvgIpc) is 2.82. The van der Waals surface area contributed by atoms with Gasteiger partial charge in [-0.05, 0) is 30.2 Å². The van der Waals surface area contributed by atoms with E-state index in [1.165, 1.54) is 0 Å². The first kappa shape index (κ1) is 12.1. The summed E-state index contributed by atoms with van der Waals surface area (Å²) in [6, 6.07) is 5.67. The molecule has 4 heteroatoms. The van der Waals surface area contributed by atoms with Crippen molar-refractivity contribution in [3.8, 4) is 0 Å². The fourth-order valence-corrected chi connectivity index (χ4v) is 2.01. The van der Waals surface area contributed by atoms with E-state index >= 15 is 0 Å². The molecule has 1 heterocycles. The maximum absolute atomic E-state index is 12.1. The van der Waals surface area contributed by atoms with Crippen molar-refractivity contribution in [3.63, 3.8) is 0 Å². The van der Waals surface area contributed by atoms with Crippen molar-refractivity contribution >= 4 is 5.91 Å². The van der Waals surface area contributed by atoms with Gasteiger partial charge in [-0.1, -0.05) is 6.07 Å². The number of aliphatic hydroxyl groups is 1. The van der Waals surface area contributed by atoms with Gasteiger partial charge in [-0.2, -0.15) is 0 Å². The Hall–Kier alpha value is -1.39. The van der Waals surface area contributed by atoms with Gasteiger partial charge in [-0.3, -0.25) is 4.79 Å². The smallest absolute Gasteiger partial charge is 0.253 e. The van der Waals surface area contributed by atoms with Gasteiger partial charge in [-0.25, -0.2) is 0 Å². The van der Waals surface area contributed by atoms with Crippen LogP contribution in [0.15, 0.2) is 18.2 Å². The molecule has 92 valence electrons. The van der Waals surface area contributed by atoms with Crippen molar-refractivity contribution in [1.82, 2.24) is 4.90 Å². The number of fused-ring (bicyclic) bond motifs is 1. The summed E-state index contributed by atoms with van der Waals surface area (Å²) in [5.41, 5.74) is 2.92. The van der Waals surface area contributed by atoms with Gasteiger partial charge in [0.25, 0.3) is 5.91 Å². The number of hydrogen-bond donors (Lipinski definition) is 1. The number of aliphatic hydroxyl groups excluding tert-OH is 1. The van der Waals surface area contributed by atoms with E-state index in [9.17, 15) is 4.79 Å². The van der Waals surface area contributed by atoms with Gasteiger partial charge in [0.05, 0.1) is 19.8 Å². The molecule has 0 radical (unpaired) electrons. The lowest BCUT2D eigenvalue weighted by Crippen LogP contribution is -2.33. The highest BCUT2D eigenvalue weighted by Crippen LogP contribution is 2.21. The van der Waals surface area contributed by atoms with Crippen LogP contribution in [0.25, 0.3) is 0 Å². The van der Waals surface area contributed by atoms with Gasteiger partial charge in [0.1, 0.15) is 0 Å². The zero-order valence-electron chi connectivity index (χ0n) is 9.98. The second-order valence-corrected chi connectivity index (χ2v) is 4.08. The van der Waals surface area contributed by atoms with E-state index in [2.05, 4.69) is 0 Å². The van der Waals surface area contributed by atoms with Crippen molar-refractivity contribution in [2.24, 2.45) is 0 Å².